The van der Waals surface area contributed by atoms with E-state index in [9.17, 15) is 9.46 Å². The summed E-state index contributed by atoms with van der Waals surface area (Å²) in [5.74, 6) is 0.895. The zero-order chi connectivity index (χ0) is 23.4. The highest BCUT2D eigenvalue weighted by Crippen LogP contribution is 2.45. The maximum atomic E-state index is 12.5. The number of hydrogen-bond acceptors (Lipinski definition) is 5. The third-order valence-corrected chi connectivity index (χ3v) is 7.83. The van der Waals surface area contributed by atoms with Gasteiger partial charge in [-0.1, -0.05) is 58.1 Å². The van der Waals surface area contributed by atoms with E-state index in [1.807, 2.05) is 32.9 Å². The minimum atomic E-state index is -3.61. The summed E-state index contributed by atoms with van der Waals surface area (Å²) in [5, 5.41) is 0. The van der Waals surface area contributed by atoms with E-state index in [0.717, 1.165) is 37.3 Å². The average Bonchev–Trinajstić information content (AvgIpc) is 2.78. The standard InChI is InChI=1S/C25H44NO5P/c1-5-7-8-9-10-11-17-29-24-14-12-23(13-15-24)25-19-26(16-18-30-25)21(3)20-32(27,28)31-22(4)6-2/h12-15,21-22,25H,5-11,16-20H2,1-4H3,(H,27,28). The third-order valence-electron chi connectivity index (χ3n) is 6.15. The zero-order valence-electron chi connectivity index (χ0n) is 20.5. The molecule has 0 radical (unpaired) electrons. The van der Waals surface area contributed by atoms with Crippen molar-refractivity contribution in [2.75, 3.05) is 32.5 Å². The molecule has 0 aromatic heterocycles. The van der Waals surface area contributed by atoms with Crippen LogP contribution in [0.5, 0.6) is 5.75 Å². The van der Waals surface area contributed by atoms with Crippen molar-refractivity contribution in [3.8, 4) is 5.75 Å². The lowest BCUT2D eigenvalue weighted by Gasteiger charge is -2.37. The number of ether oxygens (including phenoxy) is 2. The molecule has 1 aromatic rings. The summed E-state index contributed by atoms with van der Waals surface area (Å²) < 4.78 is 29.7. The van der Waals surface area contributed by atoms with Gasteiger partial charge >= 0.3 is 7.60 Å². The van der Waals surface area contributed by atoms with Gasteiger partial charge in [-0.05, 0) is 44.4 Å². The van der Waals surface area contributed by atoms with Gasteiger partial charge < -0.3 is 18.9 Å². The van der Waals surface area contributed by atoms with E-state index in [0.29, 0.717) is 13.2 Å². The van der Waals surface area contributed by atoms with Crippen molar-refractivity contribution in [1.82, 2.24) is 4.90 Å². The molecule has 1 heterocycles. The van der Waals surface area contributed by atoms with Crippen molar-refractivity contribution in [3.63, 3.8) is 0 Å². The lowest BCUT2D eigenvalue weighted by Crippen LogP contribution is -2.45. The van der Waals surface area contributed by atoms with Crippen LogP contribution in [0.25, 0.3) is 0 Å². The van der Waals surface area contributed by atoms with Crippen molar-refractivity contribution >= 4 is 7.60 Å². The molecule has 1 aromatic carbocycles. The molecule has 6 nitrogen and oxygen atoms in total. The summed E-state index contributed by atoms with van der Waals surface area (Å²) in [6.07, 6.45) is 8.14. The van der Waals surface area contributed by atoms with Crippen molar-refractivity contribution < 1.29 is 23.5 Å². The highest BCUT2D eigenvalue weighted by Gasteiger charge is 2.31. The normalized spacial score (nSPS) is 21.1. The number of hydrogen-bond donors (Lipinski definition) is 1. The summed E-state index contributed by atoms with van der Waals surface area (Å²) >= 11 is 0. The van der Waals surface area contributed by atoms with E-state index in [-0.39, 0.29) is 24.4 Å². The first-order valence-corrected chi connectivity index (χ1v) is 14.2. The molecule has 2 rings (SSSR count). The van der Waals surface area contributed by atoms with Gasteiger partial charge in [-0.2, -0.15) is 0 Å². The summed E-state index contributed by atoms with van der Waals surface area (Å²) in [7, 11) is -3.61. The summed E-state index contributed by atoms with van der Waals surface area (Å²) in [6, 6.07) is 8.11. The predicted octanol–water partition coefficient (Wildman–Crippen LogP) is 6.19. The first-order chi connectivity index (χ1) is 15.3. The molecule has 0 spiro atoms. The fraction of sp³-hybridized carbons (Fsp3) is 0.760. The second kappa shape index (κ2) is 14.4. The Morgan fingerprint density at radius 2 is 1.81 bits per heavy atom. The van der Waals surface area contributed by atoms with Crippen molar-refractivity contribution in [2.24, 2.45) is 0 Å². The zero-order valence-corrected chi connectivity index (χ0v) is 21.4. The number of nitrogens with zero attached hydrogens (tertiary/aromatic N) is 1. The molecule has 4 atom stereocenters. The molecule has 1 aliphatic rings. The van der Waals surface area contributed by atoms with Crippen LogP contribution in [0, 0.1) is 0 Å². The smallest absolute Gasteiger partial charge is 0.329 e. The Balaban J connectivity index is 1.79. The van der Waals surface area contributed by atoms with Crippen LogP contribution in [0.2, 0.25) is 0 Å². The van der Waals surface area contributed by atoms with Crippen LogP contribution in [0.15, 0.2) is 24.3 Å². The van der Waals surface area contributed by atoms with Gasteiger partial charge in [0.2, 0.25) is 0 Å². The number of rotatable bonds is 15. The van der Waals surface area contributed by atoms with Crippen molar-refractivity contribution in [3.05, 3.63) is 29.8 Å². The van der Waals surface area contributed by atoms with Crippen LogP contribution in [0.1, 0.15) is 84.3 Å². The minimum absolute atomic E-state index is 0.0487. The summed E-state index contributed by atoms with van der Waals surface area (Å²) in [4.78, 5) is 12.5. The van der Waals surface area contributed by atoms with E-state index in [4.69, 9.17) is 14.0 Å². The largest absolute Gasteiger partial charge is 0.494 e. The van der Waals surface area contributed by atoms with Gasteiger partial charge in [-0.25, -0.2) is 0 Å². The lowest BCUT2D eigenvalue weighted by atomic mass is 10.1. The second-order valence-electron chi connectivity index (χ2n) is 9.03. The van der Waals surface area contributed by atoms with E-state index in [1.165, 1.54) is 32.1 Å². The lowest BCUT2D eigenvalue weighted by molar-refractivity contribution is -0.0404. The Morgan fingerprint density at radius 3 is 2.50 bits per heavy atom. The quantitative estimate of drug-likeness (QED) is 0.244. The summed E-state index contributed by atoms with van der Waals surface area (Å²) in [5.41, 5.74) is 1.11. The Morgan fingerprint density at radius 1 is 1.12 bits per heavy atom. The van der Waals surface area contributed by atoms with Gasteiger partial charge in [0.1, 0.15) is 5.75 Å². The fourth-order valence-corrected chi connectivity index (χ4v) is 5.67. The third kappa shape index (κ3) is 9.93. The molecular formula is C25H44NO5P. The number of benzene rings is 1. The van der Waals surface area contributed by atoms with Crippen LogP contribution >= 0.6 is 7.60 Å². The Bertz CT molecular complexity index is 683. The summed E-state index contributed by atoms with van der Waals surface area (Å²) in [6.45, 7) is 10.8. The van der Waals surface area contributed by atoms with Gasteiger partial charge in [0, 0.05) is 19.1 Å². The first-order valence-electron chi connectivity index (χ1n) is 12.4. The van der Waals surface area contributed by atoms with Gasteiger partial charge in [-0.3, -0.25) is 9.46 Å². The molecule has 1 N–H and O–H groups in total. The molecule has 32 heavy (non-hydrogen) atoms. The first kappa shape index (κ1) is 27.3. The molecule has 184 valence electrons. The fourth-order valence-electron chi connectivity index (χ4n) is 3.97. The van der Waals surface area contributed by atoms with Crippen LogP contribution in [0.3, 0.4) is 0 Å². The van der Waals surface area contributed by atoms with Gasteiger partial charge in [-0.15, -0.1) is 0 Å². The highest BCUT2D eigenvalue weighted by atomic mass is 31.2. The van der Waals surface area contributed by atoms with Crippen LogP contribution in [-0.2, 0) is 13.8 Å². The monoisotopic (exact) mass is 469 g/mol. The molecule has 0 bridgehead atoms. The van der Waals surface area contributed by atoms with Crippen molar-refractivity contribution in [1.29, 1.82) is 0 Å². The van der Waals surface area contributed by atoms with Crippen LogP contribution in [0.4, 0.5) is 0 Å². The maximum Gasteiger partial charge on any atom is 0.329 e. The molecule has 4 unspecified atom stereocenters. The van der Waals surface area contributed by atoms with E-state index < -0.39 is 7.60 Å². The topological polar surface area (TPSA) is 68.2 Å². The van der Waals surface area contributed by atoms with Gasteiger partial charge in [0.25, 0.3) is 0 Å². The molecule has 0 amide bonds. The van der Waals surface area contributed by atoms with E-state index in [1.54, 1.807) is 0 Å². The Hall–Kier alpha value is -0.910. The molecule has 7 heteroatoms. The van der Waals surface area contributed by atoms with Crippen LogP contribution < -0.4 is 4.74 Å². The van der Waals surface area contributed by atoms with E-state index >= 15 is 0 Å². The second-order valence-corrected chi connectivity index (χ2v) is 10.9. The molecule has 0 aliphatic carbocycles. The Kier molecular flexibility index (Phi) is 12.3. The van der Waals surface area contributed by atoms with Gasteiger partial charge in [0.05, 0.1) is 31.6 Å². The molecule has 1 saturated heterocycles. The number of unbranched alkanes of at least 4 members (excludes halogenated alkanes) is 5. The number of morpholine rings is 1. The molecule has 1 fully saturated rings. The van der Waals surface area contributed by atoms with E-state index in [2.05, 4.69) is 24.0 Å². The minimum Gasteiger partial charge on any atom is -0.494 e. The SMILES string of the molecule is CCCCCCCCOc1ccc(C2CN(C(C)CP(=O)(O)OC(C)CC)CCO2)cc1. The predicted molar refractivity (Wildman–Crippen MR) is 131 cm³/mol. The van der Waals surface area contributed by atoms with Gasteiger partial charge in [0.15, 0.2) is 0 Å². The Labute approximate surface area is 195 Å². The highest BCUT2D eigenvalue weighted by molar-refractivity contribution is 7.52. The average molecular weight is 470 g/mol. The van der Waals surface area contributed by atoms with Crippen LogP contribution in [-0.4, -0.2) is 54.4 Å². The molecular weight excluding hydrogens is 425 g/mol. The van der Waals surface area contributed by atoms with Crippen molar-refractivity contribution in [2.45, 2.75) is 90.9 Å². The molecule has 1 aliphatic heterocycles. The maximum absolute atomic E-state index is 12.5. The molecule has 0 saturated carbocycles.